The molecule has 0 spiro atoms. The van der Waals surface area contributed by atoms with E-state index in [9.17, 15) is 9.59 Å². The Hall–Kier alpha value is -3.97. The highest BCUT2D eigenvalue weighted by atomic mass is 16.7. The summed E-state index contributed by atoms with van der Waals surface area (Å²) >= 11 is 0. The van der Waals surface area contributed by atoms with Crippen molar-refractivity contribution in [3.05, 3.63) is 89.6 Å². The number of ether oxygens (including phenoxy) is 1. The molecule has 0 fully saturated rings. The predicted molar refractivity (Wildman–Crippen MR) is 130 cm³/mol. The SMILES string of the molecule is CON(C)C(=O)[C@@H]1Cc2cccc(c2)C=CCCOc2cccc(c2)-c2ncccc2C(=O)N1. The number of hydrogen-bond acceptors (Lipinski definition) is 5. The van der Waals surface area contributed by atoms with E-state index < -0.39 is 11.9 Å². The van der Waals surface area contributed by atoms with Crippen molar-refractivity contribution in [3.8, 4) is 17.0 Å². The molecule has 1 N–H and O–H groups in total. The van der Waals surface area contributed by atoms with Crippen LogP contribution in [0.15, 0.2) is 72.9 Å². The predicted octanol–water partition coefficient (Wildman–Crippen LogP) is 3.91. The normalized spacial score (nSPS) is 15.9. The summed E-state index contributed by atoms with van der Waals surface area (Å²) in [6.07, 6.45) is 6.77. The largest absolute Gasteiger partial charge is 0.493 e. The molecule has 1 aromatic heterocycles. The lowest BCUT2D eigenvalue weighted by Gasteiger charge is -2.23. The molecular formula is C27H27N3O4. The molecule has 4 bridgehead atoms. The summed E-state index contributed by atoms with van der Waals surface area (Å²) in [5, 5.41) is 4.03. The third-order valence-corrected chi connectivity index (χ3v) is 5.60. The van der Waals surface area contributed by atoms with E-state index >= 15 is 0 Å². The maximum Gasteiger partial charge on any atom is 0.268 e. The van der Waals surface area contributed by atoms with Gasteiger partial charge in [-0.1, -0.05) is 48.6 Å². The molecule has 1 aliphatic heterocycles. The van der Waals surface area contributed by atoms with Gasteiger partial charge in [-0.2, -0.15) is 0 Å². The second-order valence-electron chi connectivity index (χ2n) is 7.96. The van der Waals surface area contributed by atoms with Gasteiger partial charge in [-0.25, -0.2) is 5.06 Å². The average molecular weight is 458 g/mol. The number of hydrogen-bond donors (Lipinski definition) is 1. The van der Waals surface area contributed by atoms with Crippen molar-refractivity contribution in [2.45, 2.75) is 18.9 Å². The first-order valence-electron chi connectivity index (χ1n) is 11.1. The molecule has 4 rings (SSSR count). The minimum atomic E-state index is -0.824. The summed E-state index contributed by atoms with van der Waals surface area (Å²) in [7, 11) is 2.94. The number of likely N-dealkylation sites (N-methyl/N-ethyl adjacent to an activating group) is 1. The van der Waals surface area contributed by atoms with Crippen LogP contribution in [0, 0.1) is 0 Å². The first-order chi connectivity index (χ1) is 16.5. The van der Waals surface area contributed by atoms with E-state index in [1.165, 1.54) is 14.2 Å². The minimum absolute atomic E-state index is 0.314. The van der Waals surface area contributed by atoms with E-state index in [4.69, 9.17) is 9.57 Å². The Morgan fingerprint density at radius 1 is 1.15 bits per heavy atom. The lowest BCUT2D eigenvalue weighted by molar-refractivity contribution is -0.170. The van der Waals surface area contributed by atoms with Gasteiger partial charge < -0.3 is 10.1 Å². The number of nitrogens with zero attached hydrogens (tertiary/aromatic N) is 2. The number of hydroxylamine groups is 2. The van der Waals surface area contributed by atoms with Gasteiger partial charge in [-0.15, -0.1) is 0 Å². The van der Waals surface area contributed by atoms with Crippen LogP contribution >= 0.6 is 0 Å². The van der Waals surface area contributed by atoms with Crippen LogP contribution in [0.2, 0.25) is 0 Å². The standard InChI is InChI=1S/C27H27N3O4/c1-30(33-2)27(32)24-17-20-10-5-9-19(16-20)8-3-4-15-34-22-12-6-11-21(18-22)25-23(26(31)29-24)13-7-14-28-25/h3,5-14,16,18,24H,4,15,17H2,1-2H3,(H,29,31)/t24-/m0/s1. The molecule has 34 heavy (non-hydrogen) atoms. The molecule has 0 unspecified atom stereocenters. The van der Waals surface area contributed by atoms with Gasteiger partial charge in [0.15, 0.2) is 0 Å². The average Bonchev–Trinajstić information content (AvgIpc) is 2.87. The van der Waals surface area contributed by atoms with E-state index in [2.05, 4.69) is 16.4 Å². The fraction of sp³-hybridized carbons (Fsp3) is 0.222. The topological polar surface area (TPSA) is 80.8 Å². The molecule has 1 atom stereocenters. The summed E-state index contributed by atoms with van der Waals surface area (Å²) in [6, 6.07) is 18.0. The zero-order valence-electron chi connectivity index (χ0n) is 19.2. The number of benzene rings is 2. The molecule has 7 heteroatoms. The minimum Gasteiger partial charge on any atom is -0.493 e. The highest BCUT2D eigenvalue weighted by Crippen LogP contribution is 2.26. The molecule has 174 valence electrons. The first-order valence-corrected chi connectivity index (χ1v) is 11.1. The number of rotatable bonds is 2. The van der Waals surface area contributed by atoms with Crippen molar-refractivity contribution >= 4 is 17.9 Å². The number of nitrogens with one attached hydrogen (secondary N) is 1. The Kier molecular flexibility index (Phi) is 7.34. The van der Waals surface area contributed by atoms with Gasteiger partial charge in [0.1, 0.15) is 11.8 Å². The zero-order chi connectivity index (χ0) is 23.9. The van der Waals surface area contributed by atoms with Crippen LogP contribution in [0.4, 0.5) is 0 Å². The molecule has 0 saturated carbocycles. The van der Waals surface area contributed by atoms with Gasteiger partial charge in [0.05, 0.1) is 25.0 Å². The number of fused-ring (bicyclic) bond motifs is 6. The zero-order valence-corrected chi connectivity index (χ0v) is 19.2. The second kappa shape index (κ2) is 10.8. The molecule has 0 aliphatic carbocycles. The molecule has 2 amide bonds. The van der Waals surface area contributed by atoms with Crippen LogP contribution in [0.25, 0.3) is 17.3 Å². The lowest BCUT2D eigenvalue weighted by Crippen LogP contribution is -2.48. The molecular weight excluding hydrogens is 430 g/mol. The van der Waals surface area contributed by atoms with Crippen molar-refractivity contribution in [1.29, 1.82) is 0 Å². The van der Waals surface area contributed by atoms with E-state index in [-0.39, 0.29) is 5.91 Å². The van der Waals surface area contributed by atoms with E-state index in [1.807, 2.05) is 54.6 Å². The van der Waals surface area contributed by atoms with Crippen LogP contribution in [-0.2, 0) is 16.1 Å². The van der Waals surface area contributed by atoms with Crippen LogP contribution in [0.3, 0.4) is 0 Å². The maximum absolute atomic E-state index is 13.4. The number of carbonyl (C=O) groups is 2. The van der Waals surface area contributed by atoms with Gasteiger partial charge in [-0.05, 0) is 41.8 Å². The van der Waals surface area contributed by atoms with E-state index in [0.29, 0.717) is 30.0 Å². The monoisotopic (exact) mass is 457 g/mol. The molecule has 3 aromatic rings. The highest BCUT2D eigenvalue weighted by Gasteiger charge is 2.26. The van der Waals surface area contributed by atoms with Gasteiger partial charge in [0.2, 0.25) is 0 Å². The Balaban J connectivity index is 1.76. The molecule has 2 heterocycles. The van der Waals surface area contributed by atoms with Gasteiger partial charge in [-0.3, -0.25) is 19.4 Å². The smallest absolute Gasteiger partial charge is 0.268 e. The molecule has 0 radical (unpaired) electrons. The van der Waals surface area contributed by atoms with Crippen LogP contribution in [0.1, 0.15) is 27.9 Å². The van der Waals surface area contributed by atoms with Crippen molar-refractivity contribution in [2.24, 2.45) is 0 Å². The summed E-state index contributed by atoms with van der Waals surface area (Å²) < 4.78 is 5.91. The van der Waals surface area contributed by atoms with Crippen molar-refractivity contribution < 1.29 is 19.2 Å². The van der Waals surface area contributed by atoms with Gasteiger partial charge in [0, 0.05) is 25.2 Å². The molecule has 1 aliphatic rings. The van der Waals surface area contributed by atoms with Crippen LogP contribution in [-0.4, -0.2) is 48.7 Å². The molecule has 2 aromatic carbocycles. The van der Waals surface area contributed by atoms with Crippen molar-refractivity contribution in [1.82, 2.24) is 15.4 Å². The van der Waals surface area contributed by atoms with E-state index in [0.717, 1.165) is 28.2 Å². The summed E-state index contributed by atoms with van der Waals surface area (Å²) in [6.45, 7) is 0.523. The lowest BCUT2D eigenvalue weighted by atomic mass is 10.0. The van der Waals surface area contributed by atoms with Gasteiger partial charge >= 0.3 is 0 Å². The van der Waals surface area contributed by atoms with E-state index in [1.54, 1.807) is 18.3 Å². The van der Waals surface area contributed by atoms with Crippen LogP contribution < -0.4 is 10.1 Å². The summed E-state index contributed by atoms with van der Waals surface area (Å²) in [5.74, 6) is -0.0443. The quantitative estimate of drug-likeness (QED) is 0.591. The van der Waals surface area contributed by atoms with Crippen molar-refractivity contribution in [2.75, 3.05) is 20.8 Å². The molecule has 0 saturated heterocycles. The Bertz CT molecular complexity index is 1210. The Morgan fingerprint density at radius 3 is 2.85 bits per heavy atom. The second-order valence-corrected chi connectivity index (χ2v) is 7.96. The molecule has 7 nitrogen and oxygen atoms in total. The summed E-state index contributed by atoms with van der Waals surface area (Å²) in [5.41, 5.74) is 3.58. The Morgan fingerprint density at radius 2 is 2.00 bits per heavy atom. The highest BCUT2D eigenvalue weighted by molar-refractivity contribution is 6.02. The third kappa shape index (κ3) is 5.50. The van der Waals surface area contributed by atoms with Crippen LogP contribution in [0.5, 0.6) is 5.75 Å². The summed E-state index contributed by atoms with van der Waals surface area (Å²) in [4.78, 5) is 36.0. The fourth-order valence-electron chi connectivity index (χ4n) is 3.82. The number of amides is 2. The third-order valence-electron chi connectivity index (χ3n) is 5.60. The number of carbonyl (C=O) groups excluding carboxylic acids is 2. The maximum atomic E-state index is 13.4. The number of pyridine rings is 1. The van der Waals surface area contributed by atoms with Gasteiger partial charge in [0.25, 0.3) is 11.8 Å². The fourth-order valence-corrected chi connectivity index (χ4v) is 3.82. The number of aromatic nitrogens is 1. The Labute approximate surface area is 199 Å². The first kappa shape index (κ1) is 23.2. The van der Waals surface area contributed by atoms with Crippen molar-refractivity contribution in [3.63, 3.8) is 0 Å².